The first-order chi connectivity index (χ1) is 13.0. The van der Waals surface area contributed by atoms with E-state index in [4.69, 9.17) is 25.5 Å². The van der Waals surface area contributed by atoms with Crippen LogP contribution in [0, 0.1) is 0 Å². The number of benzene rings is 2. The second kappa shape index (κ2) is 8.45. The summed E-state index contributed by atoms with van der Waals surface area (Å²) in [6.07, 6.45) is 1.50. The van der Waals surface area contributed by atoms with Gasteiger partial charge in [0, 0.05) is 20.4 Å². The van der Waals surface area contributed by atoms with Gasteiger partial charge in [-0.15, -0.1) is 0 Å². The van der Waals surface area contributed by atoms with Crippen molar-refractivity contribution in [1.29, 1.82) is 0 Å². The average molecular weight is 452 g/mol. The number of carbonyl (C=O) groups excluding carboxylic acids is 1. The number of hydrogen-bond acceptors (Lipinski definition) is 5. The number of rotatable bonds is 6. The van der Waals surface area contributed by atoms with E-state index >= 15 is 0 Å². The Balaban J connectivity index is 1.75. The van der Waals surface area contributed by atoms with Crippen molar-refractivity contribution in [3.8, 4) is 11.5 Å². The van der Waals surface area contributed by atoms with Crippen molar-refractivity contribution in [1.82, 2.24) is 5.43 Å². The van der Waals surface area contributed by atoms with Gasteiger partial charge >= 0.3 is 5.91 Å². The molecule has 0 unspecified atom stereocenters. The van der Waals surface area contributed by atoms with Gasteiger partial charge in [-0.1, -0.05) is 11.6 Å². The summed E-state index contributed by atoms with van der Waals surface area (Å²) >= 11 is 9.39. The van der Waals surface area contributed by atoms with E-state index in [0.717, 1.165) is 9.86 Å². The fourth-order valence-corrected chi connectivity index (χ4v) is 3.02. The maximum absolute atomic E-state index is 12.2. The molecule has 0 aliphatic carbocycles. The molecule has 0 spiro atoms. The molecule has 0 saturated carbocycles. The molecule has 27 heavy (non-hydrogen) atoms. The van der Waals surface area contributed by atoms with Crippen LogP contribution in [0.5, 0.6) is 11.5 Å². The third-order valence-corrected chi connectivity index (χ3v) is 4.58. The summed E-state index contributed by atoms with van der Waals surface area (Å²) in [5.41, 5.74) is 3.73. The second-order valence-electron chi connectivity index (χ2n) is 5.45. The Kier molecular flexibility index (Phi) is 6.03. The van der Waals surface area contributed by atoms with Gasteiger partial charge in [0.1, 0.15) is 5.58 Å². The van der Waals surface area contributed by atoms with Gasteiger partial charge in [0.25, 0.3) is 0 Å². The molecule has 1 N–H and O–H groups in total. The number of carbonyl (C=O) groups is 1. The van der Waals surface area contributed by atoms with Crippen molar-refractivity contribution in [2.24, 2.45) is 5.10 Å². The minimum absolute atomic E-state index is 0.146. The first-order valence-corrected chi connectivity index (χ1v) is 9.21. The quantitative estimate of drug-likeness (QED) is 0.422. The third kappa shape index (κ3) is 4.43. The zero-order chi connectivity index (χ0) is 19.4. The zero-order valence-electron chi connectivity index (χ0n) is 14.6. The first kappa shape index (κ1) is 19.3. The summed E-state index contributed by atoms with van der Waals surface area (Å²) in [7, 11) is 1.56. The van der Waals surface area contributed by atoms with Crippen LogP contribution in [0.15, 0.2) is 50.4 Å². The van der Waals surface area contributed by atoms with Crippen LogP contribution in [0.4, 0.5) is 0 Å². The van der Waals surface area contributed by atoms with Gasteiger partial charge in [0.15, 0.2) is 17.3 Å². The Labute approximate surface area is 169 Å². The van der Waals surface area contributed by atoms with E-state index in [1.807, 2.05) is 6.92 Å². The molecular formula is C19H16BrClN2O4. The second-order valence-corrected chi connectivity index (χ2v) is 6.74. The molecule has 1 amide bonds. The lowest BCUT2D eigenvalue weighted by molar-refractivity contribution is 0.0929. The Morgan fingerprint density at radius 3 is 2.85 bits per heavy atom. The van der Waals surface area contributed by atoms with E-state index < -0.39 is 5.91 Å². The molecule has 6 nitrogen and oxygen atoms in total. The Morgan fingerprint density at radius 1 is 1.30 bits per heavy atom. The standard InChI is InChI=1S/C19H16BrClN2O4/c1-3-26-17-9-14(20)12(8-16(17)25-2)10-22-23-19(24)18-7-11-6-13(21)4-5-15(11)27-18/h4-10H,3H2,1-2H3,(H,23,24)/b22-10+. The van der Waals surface area contributed by atoms with E-state index in [-0.39, 0.29) is 5.76 Å². The number of ether oxygens (including phenoxy) is 2. The van der Waals surface area contributed by atoms with Crippen molar-refractivity contribution in [3.05, 3.63) is 57.2 Å². The van der Waals surface area contributed by atoms with Gasteiger partial charge in [-0.2, -0.15) is 5.10 Å². The molecule has 0 bridgehead atoms. The fourth-order valence-electron chi connectivity index (χ4n) is 2.42. The molecule has 0 saturated heterocycles. The summed E-state index contributed by atoms with van der Waals surface area (Å²) in [6.45, 7) is 2.42. The number of hydrogen-bond donors (Lipinski definition) is 1. The molecule has 1 heterocycles. The maximum atomic E-state index is 12.2. The largest absolute Gasteiger partial charge is 0.493 e. The molecular weight excluding hydrogens is 436 g/mol. The van der Waals surface area contributed by atoms with Crippen LogP contribution in [-0.2, 0) is 0 Å². The lowest BCUT2D eigenvalue weighted by Crippen LogP contribution is -2.16. The van der Waals surface area contributed by atoms with Gasteiger partial charge in [0.2, 0.25) is 0 Å². The van der Waals surface area contributed by atoms with E-state index in [1.165, 1.54) is 6.21 Å². The molecule has 2 aromatic carbocycles. The van der Waals surface area contributed by atoms with Crippen LogP contribution < -0.4 is 14.9 Å². The predicted octanol–water partition coefficient (Wildman–Crippen LogP) is 5.02. The molecule has 0 radical (unpaired) electrons. The molecule has 140 valence electrons. The summed E-state index contributed by atoms with van der Waals surface area (Å²) in [6, 6.07) is 10.3. The molecule has 8 heteroatoms. The smallest absolute Gasteiger partial charge is 0.307 e. The topological polar surface area (TPSA) is 73.1 Å². The van der Waals surface area contributed by atoms with Crippen LogP contribution in [0.25, 0.3) is 11.0 Å². The first-order valence-electron chi connectivity index (χ1n) is 8.04. The number of methoxy groups -OCH3 is 1. The number of nitrogens with zero attached hydrogens (tertiary/aromatic N) is 1. The van der Waals surface area contributed by atoms with Gasteiger partial charge in [-0.25, -0.2) is 5.43 Å². The third-order valence-electron chi connectivity index (χ3n) is 3.65. The van der Waals surface area contributed by atoms with Gasteiger partial charge in [0.05, 0.1) is 19.9 Å². The summed E-state index contributed by atoms with van der Waals surface area (Å²) in [5, 5.41) is 5.30. The van der Waals surface area contributed by atoms with E-state index in [9.17, 15) is 4.79 Å². The molecule has 0 aliphatic rings. The normalized spacial score (nSPS) is 11.1. The lowest BCUT2D eigenvalue weighted by atomic mass is 10.2. The SMILES string of the molecule is CCOc1cc(Br)c(/C=N/NC(=O)c2cc3cc(Cl)ccc3o2)cc1OC. The Hall–Kier alpha value is -2.51. The number of halogens is 2. The van der Waals surface area contributed by atoms with Crippen molar-refractivity contribution >= 4 is 50.6 Å². The van der Waals surface area contributed by atoms with Gasteiger partial charge in [-0.05, 0) is 59.3 Å². The van der Waals surface area contributed by atoms with Crippen LogP contribution in [-0.4, -0.2) is 25.8 Å². The Morgan fingerprint density at radius 2 is 2.11 bits per heavy atom. The van der Waals surface area contributed by atoms with Crippen molar-refractivity contribution < 1.29 is 18.7 Å². The van der Waals surface area contributed by atoms with E-state index in [2.05, 4.69) is 26.5 Å². The number of furan rings is 1. The molecule has 3 rings (SSSR count). The van der Waals surface area contributed by atoms with Crippen LogP contribution in [0.3, 0.4) is 0 Å². The highest BCUT2D eigenvalue weighted by Crippen LogP contribution is 2.32. The van der Waals surface area contributed by atoms with Gasteiger partial charge in [-0.3, -0.25) is 4.79 Å². The van der Waals surface area contributed by atoms with Gasteiger partial charge < -0.3 is 13.9 Å². The lowest BCUT2D eigenvalue weighted by Gasteiger charge is -2.11. The highest BCUT2D eigenvalue weighted by molar-refractivity contribution is 9.10. The van der Waals surface area contributed by atoms with Crippen LogP contribution in [0.2, 0.25) is 5.02 Å². The van der Waals surface area contributed by atoms with Crippen molar-refractivity contribution in [3.63, 3.8) is 0 Å². The van der Waals surface area contributed by atoms with E-state index in [0.29, 0.717) is 34.3 Å². The molecule has 0 atom stereocenters. The molecule has 3 aromatic rings. The molecule has 1 aromatic heterocycles. The summed E-state index contributed by atoms with van der Waals surface area (Å²) in [4.78, 5) is 12.2. The summed E-state index contributed by atoms with van der Waals surface area (Å²) < 4.78 is 17.1. The zero-order valence-corrected chi connectivity index (χ0v) is 16.9. The monoisotopic (exact) mass is 450 g/mol. The minimum atomic E-state index is -0.465. The van der Waals surface area contributed by atoms with Crippen molar-refractivity contribution in [2.45, 2.75) is 6.92 Å². The van der Waals surface area contributed by atoms with Crippen LogP contribution >= 0.6 is 27.5 Å². The van der Waals surface area contributed by atoms with E-state index in [1.54, 1.807) is 43.5 Å². The highest BCUT2D eigenvalue weighted by atomic mass is 79.9. The Bertz CT molecular complexity index is 1020. The maximum Gasteiger partial charge on any atom is 0.307 e. The number of hydrazone groups is 1. The molecule has 0 fully saturated rings. The average Bonchev–Trinajstić information content (AvgIpc) is 3.07. The van der Waals surface area contributed by atoms with Crippen molar-refractivity contribution in [2.75, 3.05) is 13.7 Å². The number of nitrogens with one attached hydrogen (secondary N) is 1. The number of amides is 1. The molecule has 0 aliphatic heterocycles. The predicted molar refractivity (Wildman–Crippen MR) is 108 cm³/mol. The number of fused-ring (bicyclic) bond motifs is 1. The minimum Gasteiger partial charge on any atom is -0.493 e. The summed E-state index contributed by atoms with van der Waals surface area (Å²) in [5.74, 6) is 0.872. The fraction of sp³-hybridized carbons (Fsp3) is 0.158. The highest BCUT2D eigenvalue weighted by Gasteiger charge is 2.12. The van der Waals surface area contributed by atoms with Crippen LogP contribution in [0.1, 0.15) is 23.0 Å².